The van der Waals surface area contributed by atoms with Gasteiger partial charge in [0.1, 0.15) is 11.6 Å². The molecule has 1 N–H and O–H groups in total. The van der Waals surface area contributed by atoms with E-state index in [1.165, 1.54) is 0 Å². The first-order valence-electron chi connectivity index (χ1n) is 10.0. The van der Waals surface area contributed by atoms with Crippen molar-refractivity contribution < 1.29 is 9.32 Å². The summed E-state index contributed by atoms with van der Waals surface area (Å²) >= 11 is 0. The summed E-state index contributed by atoms with van der Waals surface area (Å²) in [7, 11) is 0. The van der Waals surface area contributed by atoms with E-state index < -0.39 is 0 Å². The van der Waals surface area contributed by atoms with E-state index >= 15 is 0 Å². The summed E-state index contributed by atoms with van der Waals surface area (Å²) in [5.41, 5.74) is 5.59. The molecule has 0 fully saturated rings. The number of para-hydroxylation sites is 2. The predicted molar refractivity (Wildman–Crippen MR) is 118 cm³/mol. The molecule has 5 rings (SSSR count). The average molecular weight is 398 g/mol. The monoisotopic (exact) mass is 398 g/mol. The quantitative estimate of drug-likeness (QED) is 0.456. The number of amides is 1. The maximum atomic E-state index is 12.9. The number of rotatable bonds is 4. The van der Waals surface area contributed by atoms with Crippen molar-refractivity contribution in [2.45, 2.75) is 33.6 Å². The topological polar surface area (TPSA) is 72.4 Å². The molecular formula is C24H22N4O2. The molecule has 0 unspecified atom stereocenters. The highest BCUT2D eigenvalue weighted by Crippen LogP contribution is 2.36. The Morgan fingerprint density at radius 3 is 2.53 bits per heavy atom. The summed E-state index contributed by atoms with van der Waals surface area (Å²) in [5.74, 6) is 1.62. The van der Waals surface area contributed by atoms with Gasteiger partial charge in [0.2, 0.25) is 5.91 Å². The lowest BCUT2D eigenvalue weighted by atomic mass is 10.1. The molecule has 30 heavy (non-hydrogen) atoms. The third-order valence-electron chi connectivity index (χ3n) is 5.69. The fourth-order valence-electron chi connectivity index (χ4n) is 4.25. The number of nitrogens with zero attached hydrogens (tertiary/aromatic N) is 3. The van der Waals surface area contributed by atoms with Crippen LogP contribution in [-0.4, -0.2) is 20.4 Å². The molecule has 0 atom stereocenters. The van der Waals surface area contributed by atoms with Crippen LogP contribution in [0.3, 0.4) is 0 Å². The number of aryl methyl sites for hydroxylation is 3. The van der Waals surface area contributed by atoms with Crippen LogP contribution in [0, 0.1) is 20.8 Å². The molecule has 1 amide bonds. The fourth-order valence-corrected chi connectivity index (χ4v) is 4.25. The Morgan fingerprint density at radius 2 is 1.77 bits per heavy atom. The Labute approximate surface area is 173 Å². The van der Waals surface area contributed by atoms with Crippen molar-refractivity contribution >= 4 is 38.9 Å². The number of carbonyl (C=O) groups excluding carboxylic acids is 1. The van der Waals surface area contributed by atoms with Crippen LogP contribution in [0.2, 0.25) is 0 Å². The summed E-state index contributed by atoms with van der Waals surface area (Å²) in [6, 6.07) is 16.1. The average Bonchev–Trinajstić information content (AvgIpc) is 3.24. The SMILES string of the molecule is Cc1noc(C)c1CCC(=O)Nc1c2ccccc2n2c(C)nc3ccccc3c12. The van der Waals surface area contributed by atoms with Crippen LogP contribution in [0.5, 0.6) is 0 Å². The summed E-state index contributed by atoms with van der Waals surface area (Å²) in [6.45, 7) is 5.78. The molecule has 0 saturated carbocycles. The minimum atomic E-state index is -0.0354. The smallest absolute Gasteiger partial charge is 0.224 e. The highest BCUT2D eigenvalue weighted by molar-refractivity contribution is 6.16. The second kappa shape index (κ2) is 6.99. The number of fused-ring (bicyclic) bond motifs is 5. The number of aromatic nitrogens is 3. The van der Waals surface area contributed by atoms with Crippen LogP contribution in [0.1, 0.15) is 29.3 Å². The number of carbonyl (C=O) groups is 1. The van der Waals surface area contributed by atoms with Crippen molar-refractivity contribution in [1.29, 1.82) is 0 Å². The van der Waals surface area contributed by atoms with Crippen molar-refractivity contribution in [2.24, 2.45) is 0 Å². The zero-order valence-corrected chi connectivity index (χ0v) is 17.2. The van der Waals surface area contributed by atoms with Gasteiger partial charge in [0.15, 0.2) is 0 Å². The second-order valence-electron chi connectivity index (χ2n) is 7.60. The van der Waals surface area contributed by atoms with Gasteiger partial charge in [-0.25, -0.2) is 4.98 Å². The van der Waals surface area contributed by atoms with E-state index in [4.69, 9.17) is 9.51 Å². The van der Waals surface area contributed by atoms with Gasteiger partial charge in [-0.15, -0.1) is 0 Å². The van der Waals surface area contributed by atoms with Crippen molar-refractivity contribution in [2.75, 3.05) is 5.32 Å². The van der Waals surface area contributed by atoms with E-state index in [1.54, 1.807) is 0 Å². The first kappa shape index (κ1) is 18.4. The molecule has 0 radical (unpaired) electrons. The standard InChI is InChI=1S/C24H22N4O2/c1-14-17(15(2)30-27-14)12-13-22(29)26-23-19-9-5-7-11-21(19)28-16(3)25-20-10-6-4-8-18(20)24(23)28/h4-11H,12-13H2,1-3H3,(H,26,29). The predicted octanol–water partition coefficient (Wildman–Crippen LogP) is 5.13. The molecule has 6 nitrogen and oxygen atoms in total. The molecule has 0 spiro atoms. The van der Waals surface area contributed by atoms with Crippen molar-refractivity contribution in [1.82, 2.24) is 14.5 Å². The number of benzene rings is 2. The molecule has 3 heterocycles. The van der Waals surface area contributed by atoms with Crippen molar-refractivity contribution in [3.63, 3.8) is 0 Å². The lowest BCUT2D eigenvalue weighted by molar-refractivity contribution is -0.116. The van der Waals surface area contributed by atoms with E-state index in [-0.39, 0.29) is 5.91 Å². The summed E-state index contributed by atoms with van der Waals surface area (Å²) in [4.78, 5) is 17.7. The van der Waals surface area contributed by atoms with Crippen LogP contribution in [-0.2, 0) is 11.2 Å². The molecule has 0 saturated heterocycles. The van der Waals surface area contributed by atoms with Crippen LogP contribution in [0.15, 0.2) is 53.1 Å². The van der Waals surface area contributed by atoms with Gasteiger partial charge in [-0.05, 0) is 39.3 Å². The minimum Gasteiger partial charge on any atom is -0.361 e. The van der Waals surface area contributed by atoms with Gasteiger partial charge >= 0.3 is 0 Å². The lowest BCUT2D eigenvalue weighted by Crippen LogP contribution is -2.13. The molecule has 0 bridgehead atoms. The van der Waals surface area contributed by atoms with Crippen molar-refractivity contribution in [3.8, 4) is 0 Å². The van der Waals surface area contributed by atoms with Crippen LogP contribution < -0.4 is 5.32 Å². The van der Waals surface area contributed by atoms with Crippen LogP contribution in [0.4, 0.5) is 5.69 Å². The van der Waals surface area contributed by atoms with Gasteiger partial charge in [-0.3, -0.25) is 9.20 Å². The van der Waals surface area contributed by atoms with E-state index in [2.05, 4.69) is 27.0 Å². The zero-order valence-electron chi connectivity index (χ0n) is 17.2. The van der Waals surface area contributed by atoms with Crippen molar-refractivity contribution in [3.05, 3.63) is 71.4 Å². The van der Waals surface area contributed by atoms with E-state index in [9.17, 15) is 4.79 Å². The summed E-state index contributed by atoms with van der Waals surface area (Å²) < 4.78 is 7.34. The summed E-state index contributed by atoms with van der Waals surface area (Å²) in [5, 5.41) is 9.19. The molecular weight excluding hydrogens is 376 g/mol. The van der Waals surface area contributed by atoms with Gasteiger partial charge in [0.05, 0.1) is 27.9 Å². The molecule has 0 aliphatic rings. The van der Waals surface area contributed by atoms with Gasteiger partial charge in [-0.1, -0.05) is 41.6 Å². The largest absolute Gasteiger partial charge is 0.361 e. The number of anilines is 1. The van der Waals surface area contributed by atoms with Gasteiger partial charge in [0, 0.05) is 22.8 Å². The van der Waals surface area contributed by atoms with E-state index in [1.807, 2.05) is 57.2 Å². The molecule has 2 aromatic carbocycles. The Hall–Kier alpha value is -3.67. The Balaban J connectivity index is 1.61. The van der Waals surface area contributed by atoms with Gasteiger partial charge in [0.25, 0.3) is 0 Å². The zero-order chi connectivity index (χ0) is 20.8. The highest BCUT2D eigenvalue weighted by Gasteiger charge is 2.19. The Bertz CT molecular complexity index is 1410. The van der Waals surface area contributed by atoms with Crippen LogP contribution >= 0.6 is 0 Å². The molecule has 0 aliphatic heterocycles. The minimum absolute atomic E-state index is 0.0354. The first-order valence-corrected chi connectivity index (χ1v) is 10.0. The van der Waals surface area contributed by atoms with Crippen LogP contribution in [0.25, 0.3) is 27.3 Å². The molecule has 3 aromatic heterocycles. The molecule has 5 aromatic rings. The normalized spacial score (nSPS) is 11.6. The number of nitrogens with one attached hydrogen (secondary N) is 1. The number of hydrogen-bond donors (Lipinski definition) is 1. The molecule has 6 heteroatoms. The third-order valence-corrected chi connectivity index (χ3v) is 5.69. The maximum Gasteiger partial charge on any atom is 0.224 e. The number of hydrogen-bond acceptors (Lipinski definition) is 4. The lowest BCUT2D eigenvalue weighted by Gasteiger charge is -2.09. The molecule has 150 valence electrons. The van der Waals surface area contributed by atoms with Gasteiger partial charge < -0.3 is 9.84 Å². The first-order chi connectivity index (χ1) is 14.5. The summed E-state index contributed by atoms with van der Waals surface area (Å²) in [6.07, 6.45) is 0.953. The van der Waals surface area contributed by atoms with Gasteiger partial charge in [-0.2, -0.15) is 0 Å². The highest BCUT2D eigenvalue weighted by atomic mass is 16.5. The molecule has 0 aliphatic carbocycles. The Kier molecular flexibility index (Phi) is 4.28. The van der Waals surface area contributed by atoms with E-state index in [0.717, 1.165) is 55.9 Å². The fraction of sp³-hybridized carbons (Fsp3) is 0.208. The Morgan fingerprint density at radius 1 is 1.03 bits per heavy atom. The van der Waals surface area contributed by atoms with E-state index in [0.29, 0.717) is 12.8 Å². The second-order valence-corrected chi connectivity index (χ2v) is 7.60. The third kappa shape index (κ3) is 2.84. The maximum absolute atomic E-state index is 12.9.